The first-order valence-electron chi connectivity index (χ1n) is 7.18. The van der Waals surface area contributed by atoms with Crippen molar-refractivity contribution in [3.05, 3.63) is 12.2 Å². The Morgan fingerprint density at radius 3 is 2.37 bits per heavy atom. The van der Waals surface area contributed by atoms with Crippen LogP contribution in [0.15, 0.2) is 12.2 Å². The molecule has 112 valence electrons. The number of hydrogen-bond donors (Lipinski definition) is 0. The smallest absolute Gasteiger partial charge is 0.333 e. The first-order valence-corrected chi connectivity index (χ1v) is 7.71. The van der Waals surface area contributed by atoms with Crippen LogP contribution in [0.1, 0.15) is 53.9 Å². The summed E-state index contributed by atoms with van der Waals surface area (Å²) in [5, 5.41) is 0. The SMILES string of the molecule is C=C(C)C(=O)OCCC(C)(C(C)C)C(CCl)CCC. The largest absolute Gasteiger partial charge is 0.462 e. The summed E-state index contributed by atoms with van der Waals surface area (Å²) in [7, 11) is 0. The fraction of sp³-hybridized carbons (Fsp3) is 0.812. The summed E-state index contributed by atoms with van der Waals surface area (Å²) in [6.45, 7) is 14.6. The molecule has 0 bridgehead atoms. The standard InChI is InChI=1S/C16H29ClO2/c1-7-8-14(11-17)16(6,13(4)5)9-10-19-15(18)12(2)3/h13-14H,2,7-11H2,1,3-6H3. The highest BCUT2D eigenvalue weighted by Gasteiger charge is 2.36. The van der Waals surface area contributed by atoms with Gasteiger partial charge in [-0.25, -0.2) is 4.79 Å². The summed E-state index contributed by atoms with van der Waals surface area (Å²) < 4.78 is 5.24. The lowest BCUT2D eigenvalue weighted by Gasteiger charge is -2.40. The van der Waals surface area contributed by atoms with E-state index in [0.717, 1.165) is 19.3 Å². The molecule has 0 radical (unpaired) electrons. The molecule has 0 aliphatic heterocycles. The van der Waals surface area contributed by atoms with Crippen LogP contribution < -0.4 is 0 Å². The van der Waals surface area contributed by atoms with E-state index in [9.17, 15) is 4.79 Å². The van der Waals surface area contributed by atoms with Crippen LogP contribution in [0.25, 0.3) is 0 Å². The second kappa shape index (κ2) is 8.63. The lowest BCUT2D eigenvalue weighted by Crippen LogP contribution is -2.35. The Morgan fingerprint density at radius 1 is 1.42 bits per heavy atom. The second-order valence-corrected chi connectivity index (χ2v) is 6.28. The Balaban J connectivity index is 4.62. The van der Waals surface area contributed by atoms with Crippen molar-refractivity contribution >= 4 is 17.6 Å². The van der Waals surface area contributed by atoms with Gasteiger partial charge in [0.2, 0.25) is 0 Å². The van der Waals surface area contributed by atoms with E-state index in [4.69, 9.17) is 16.3 Å². The van der Waals surface area contributed by atoms with Crippen LogP contribution in [0.2, 0.25) is 0 Å². The first-order chi connectivity index (χ1) is 8.79. The van der Waals surface area contributed by atoms with Crippen molar-refractivity contribution in [3.8, 4) is 0 Å². The summed E-state index contributed by atoms with van der Waals surface area (Å²) in [4.78, 5) is 11.4. The molecule has 0 spiro atoms. The molecule has 0 fully saturated rings. The molecule has 2 nitrogen and oxygen atoms in total. The van der Waals surface area contributed by atoms with E-state index in [1.165, 1.54) is 0 Å². The van der Waals surface area contributed by atoms with Gasteiger partial charge in [-0.1, -0.05) is 40.7 Å². The molecule has 0 aromatic rings. The molecule has 3 heteroatoms. The van der Waals surface area contributed by atoms with Gasteiger partial charge in [0.15, 0.2) is 0 Å². The summed E-state index contributed by atoms with van der Waals surface area (Å²) in [5.41, 5.74) is 0.557. The fourth-order valence-corrected chi connectivity index (χ4v) is 2.89. The number of halogens is 1. The Kier molecular flexibility index (Phi) is 8.40. The maximum atomic E-state index is 11.4. The van der Waals surface area contributed by atoms with Crippen LogP contribution in [0, 0.1) is 17.3 Å². The summed E-state index contributed by atoms with van der Waals surface area (Å²) in [6, 6.07) is 0. The zero-order valence-electron chi connectivity index (χ0n) is 13.1. The molecule has 0 saturated heterocycles. The van der Waals surface area contributed by atoms with Gasteiger partial charge in [-0.2, -0.15) is 0 Å². The molecular formula is C16H29ClO2. The predicted octanol–water partition coefficient (Wildman–Crippen LogP) is 4.81. The minimum absolute atomic E-state index is 0.104. The molecule has 0 heterocycles. The molecule has 0 amide bonds. The molecule has 0 N–H and O–H groups in total. The number of carbonyl (C=O) groups excluding carboxylic acids is 1. The molecular weight excluding hydrogens is 260 g/mol. The number of ether oxygens (including phenoxy) is 1. The minimum Gasteiger partial charge on any atom is -0.462 e. The van der Waals surface area contributed by atoms with Crippen molar-refractivity contribution in [3.63, 3.8) is 0 Å². The van der Waals surface area contributed by atoms with E-state index in [1.54, 1.807) is 6.92 Å². The average molecular weight is 289 g/mol. The Labute approximate surface area is 123 Å². The molecule has 19 heavy (non-hydrogen) atoms. The number of hydrogen-bond acceptors (Lipinski definition) is 2. The Bertz CT molecular complexity index is 299. The Hall–Kier alpha value is -0.500. The van der Waals surface area contributed by atoms with E-state index in [2.05, 4.69) is 34.3 Å². The van der Waals surface area contributed by atoms with E-state index >= 15 is 0 Å². The third-order valence-electron chi connectivity index (χ3n) is 4.30. The Morgan fingerprint density at radius 2 is 2.00 bits per heavy atom. The van der Waals surface area contributed by atoms with E-state index in [1.807, 2.05) is 0 Å². The fourth-order valence-electron chi connectivity index (χ4n) is 2.38. The van der Waals surface area contributed by atoms with Gasteiger partial charge in [0.1, 0.15) is 0 Å². The molecule has 0 rings (SSSR count). The molecule has 0 aromatic heterocycles. The van der Waals surface area contributed by atoms with Crippen LogP contribution in [0.5, 0.6) is 0 Å². The van der Waals surface area contributed by atoms with Gasteiger partial charge in [-0.05, 0) is 37.0 Å². The van der Waals surface area contributed by atoms with Gasteiger partial charge in [0.25, 0.3) is 0 Å². The molecule has 0 aliphatic rings. The quantitative estimate of drug-likeness (QED) is 0.346. The third-order valence-corrected chi connectivity index (χ3v) is 4.67. The van der Waals surface area contributed by atoms with Gasteiger partial charge in [0.05, 0.1) is 6.61 Å². The highest BCUT2D eigenvalue weighted by atomic mass is 35.5. The van der Waals surface area contributed by atoms with Crippen LogP contribution in [-0.4, -0.2) is 18.5 Å². The predicted molar refractivity (Wildman–Crippen MR) is 82.5 cm³/mol. The molecule has 2 unspecified atom stereocenters. The molecule has 0 aliphatic carbocycles. The van der Waals surface area contributed by atoms with E-state index in [-0.39, 0.29) is 11.4 Å². The number of alkyl halides is 1. The van der Waals surface area contributed by atoms with Gasteiger partial charge in [-0.15, -0.1) is 11.6 Å². The van der Waals surface area contributed by atoms with Crippen molar-refractivity contribution in [2.45, 2.75) is 53.9 Å². The summed E-state index contributed by atoms with van der Waals surface area (Å²) >= 11 is 6.14. The second-order valence-electron chi connectivity index (χ2n) is 5.97. The molecule has 0 aromatic carbocycles. The minimum atomic E-state index is -0.302. The van der Waals surface area contributed by atoms with Crippen molar-refractivity contribution in [2.24, 2.45) is 17.3 Å². The normalized spacial score (nSPS) is 15.9. The highest BCUT2D eigenvalue weighted by Crippen LogP contribution is 2.42. The van der Waals surface area contributed by atoms with Crippen LogP contribution >= 0.6 is 11.6 Å². The van der Waals surface area contributed by atoms with Crippen molar-refractivity contribution in [1.82, 2.24) is 0 Å². The first kappa shape index (κ1) is 18.5. The lowest BCUT2D eigenvalue weighted by atomic mass is 9.66. The maximum absolute atomic E-state index is 11.4. The van der Waals surface area contributed by atoms with Gasteiger partial charge < -0.3 is 4.74 Å². The molecule has 0 saturated carbocycles. The number of esters is 1. The average Bonchev–Trinajstić information content (AvgIpc) is 2.34. The van der Waals surface area contributed by atoms with Crippen LogP contribution in [0.3, 0.4) is 0 Å². The number of carbonyl (C=O) groups is 1. The maximum Gasteiger partial charge on any atom is 0.333 e. The van der Waals surface area contributed by atoms with Gasteiger partial charge in [0, 0.05) is 11.5 Å². The zero-order valence-corrected chi connectivity index (χ0v) is 13.8. The van der Waals surface area contributed by atoms with Crippen molar-refractivity contribution in [1.29, 1.82) is 0 Å². The number of rotatable bonds is 9. The van der Waals surface area contributed by atoms with Crippen molar-refractivity contribution in [2.75, 3.05) is 12.5 Å². The van der Waals surface area contributed by atoms with E-state index < -0.39 is 0 Å². The third kappa shape index (κ3) is 5.56. The summed E-state index contributed by atoms with van der Waals surface area (Å²) in [6.07, 6.45) is 3.10. The monoisotopic (exact) mass is 288 g/mol. The summed E-state index contributed by atoms with van der Waals surface area (Å²) in [5.74, 6) is 1.33. The van der Waals surface area contributed by atoms with Crippen LogP contribution in [0.4, 0.5) is 0 Å². The topological polar surface area (TPSA) is 26.3 Å². The van der Waals surface area contributed by atoms with Crippen molar-refractivity contribution < 1.29 is 9.53 Å². The van der Waals surface area contributed by atoms with Gasteiger partial charge in [-0.3, -0.25) is 0 Å². The molecule has 2 atom stereocenters. The van der Waals surface area contributed by atoms with Crippen LogP contribution in [-0.2, 0) is 9.53 Å². The lowest BCUT2D eigenvalue weighted by molar-refractivity contribution is -0.140. The highest BCUT2D eigenvalue weighted by molar-refractivity contribution is 6.18. The van der Waals surface area contributed by atoms with Gasteiger partial charge >= 0.3 is 5.97 Å². The zero-order chi connectivity index (χ0) is 15.1. The van der Waals surface area contributed by atoms with E-state index in [0.29, 0.717) is 29.9 Å².